The lowest BCUT2D eigenvalue weighted by molar-refractivity contribution is -0.0547. The molecule has 2 heterocycles. The second-order valence-electron chi connectivity index (χ2n) is 7.71. The number of H-pyrrole nitrogens is 1. The molecule has 2 unspecified atom stereocenters. The second kappa shape index (κ2) is 7.43. The Morgan fingerprint density at radius 3 is 2.62 bits per heavy atom. The van der Waals surface area contributed by atoms with Gasteiger partial charge in [-0.25, -0.2) is 17.6 Å². The Morgan fingerprint density at radius 1 is 1.17 bits per heavy atom. The van der Waals surface area contributed by atoms with Crippen LogP contribution in [0.3, 0.4) is 0 Å². The van der Waals surface area contributed by atoms with Crippen molar-refractivity contribution in [3.8, 4) is 0 Å². The van der Waals surface area contributed by atoms with Crippen LogP contribution in [0.2, 0.25) is 0 Å². The van der Waals surface area contributed by atoms with Crippen molar-refractivity contribution >= 4 is 26.8 Å². The van der Waals surface area contributed by atoms with E-state index in [9.17, 15) is 17.6 Å². The van der Waals surface area contributed by atoms with Crippen molar-refractivity contribution in [2.45, 2.75) is 44.7 Å². The molecule has 1 N–H and O–H groups in total. The molecule has 1 aliphatic rings. The van der Waals surface area contributed by atoms with Crippen LogP contribution in [0.1, 0.15) is 43.1 Å². The van der Waals surface area contributed by atoms with Crippen LogP contribution < -0.4 is 0 Å². The van der Waals surface area contributed by atoms with E-state index in [0.717, 1.165) is 16.5 Å². The lowest BCUT2D eigenvalue weighted by Gasteiger charge is -2.42. The average molecular weight is 469 g/mol. The first kappa shape index (κ1) is 20.4. The minimum absolute atomic E-state index is 0.268. The highest BCUT2D eigenvalue weighted by atomic mass is 79.9. The third kappa shape index (κ3) is 3.70. The molecule has 3 aromatic rings. The molecule has 2 atom stereocenters. The first-order valence-corrected chi connectivity index (χ1v) is 10.4. The predicted molar refractivity (Wildman–Crippen MR) is 109 cm³/mol. The van der Waals surface area contributed by atoms with Crippen molar-refractivity contribution in [2.24, 2.45) is 0 Å². The number of rotatable bonds is 4. The van der Waals surface area contributed by atoms with Crippen LogP contribution in [-0.2, 0) is 6.42 Å². The minimum atomic E-state index is -2.89. The average Bonchev–Trinajstić information content (AvgIpc) is 3.00. The third-order valence-electron chi connectivity index (χ3n) is 5.76. The van der Waals surface area contributed by atoms with Crippen molar-refractivity contribution < 1.29 is 17.6 Å². The molecule has 0 saturated heterocycles. The van der Waals surface area contributed by atoms with Gasteiger partial charge >= 0.3 is 0 Å². The van der Waals surface area contributed by atoms with Crippen molar-refractivity contribution in [3.63, 3.8) is 0 Å². The minimum Gasteiger partial charge on any atom is -0.357 e. The summed E-state index contributed by atoms with van der Waals surface area (Å²) >= 11 is 3.25. The van der Waals surface area contributed by atoms with Crippen LogP contribution >= 0.6 is 15.9 Å². The molecule has 0 saturated carbocycles. The normalized spacial score (nSPS) is 20.2. The van der Waals surface area contributed by atoms with Gasteiger partial charge in [0.25, 0.3) is 5.92 Å². The third-order valence-corrected chi connectivity index (χ3v) is 6.25. The summed E-state index contributed by atoms with van der Waals surface area (Å²) in [5.41, 5.74) is 2.54. The van der Waals surface area contributed by atoms with Gasteiger partial charge in [0, 0.05) is 39.1 Å². The zero-order valence-electron chi connectivity index (χ0n) is 16.1. The molecule has 1 aliphatic heterocycles. The molecule has 0 bridgehead atoms. The summed E-state index contributed by atoms with van der Waals surface area (Å²) in [5, 5.41) is 0.719. The fourth-order valence-corrected chi connectivity index (χ4v) is 4.54. The zero-order valence-corrected chi connectivity index (χ0v) is 17.7. The summed E-state index contributed by atoms with van der Waals surface area (Å²) in [6, 6.07) is 8.12. The molecule has 4 rings (SSSR count). The van der Waals surface area contributed by atoms with Gasteiger partial charge in [0.2, 0.25) is 0 Å². The van der Waals surface area contributed by atoms with Crippen molar-refractivity contribution in [1.82, 2.24) is 9.88 Å². The molecule has 7 heteroatoms. The fraction of sp³-hybridized carbons (Fsp3) is 0.364. The van der Waals surface area contributed by atoms with Crippen LogP contribution in [0.4, 0.5) is 17.6 Å². The topological polar surface area (TPSA) is 19.0 Å². The van der Waals surface area contributed by atoms with E-state index in [1.807, 2.05) is 6.92 Å². The van der Waals surface area contributed by atoms with Crippen LogP contribution in [0.5, 0.6) is 0 Å². The number of nitrogens with one attached hydrogen (secondary N) is 1. The van der Waals surface area contributed by atoms with E-state index in [1.165, 1.54) is 25.1 Å². The quantitative estimate of drug-likeness (QED) is 0.427. The lowest BCUT2D eigenvalue weighted by atomic mass is 9.88. The molecule has 0 radical (unpaired) electrons. The largest absolute Gasteiger partial charge is 0.357 e. The number of fused-ring (bicyclic) bond motifs is 3. The number of hydrogen-bond acceptors (Lipinski definition) is 1. The van der Waals surface area contributed by atoms with Crippen molar-refractivity contribution in [3.05, 3.63) is 69.3 Å². The van der Waals surface area contributed by atoms with Crippen LogP contribution in [-0.4, -0.2) is 28.4 Å². The molecule has 0 amide bonds. The summed E-state index contributed by atoms with van der Waals surface area (Å²) in [6.07, 6.45) is 0.184. The van der Waals surface area contributed by atoms with Gasteiger partial charge in [0.15, 0.2) is 0 Å². The van der Waals surface area contributed by atoms with E-state index in [2.05, 4.69) is 20.9 Å². The van der Waals surface area contributed by atoms with E-state index in [4.69, 9.17) is 0 Å². The number of benzene rings is 2. The number of alkyl halides is 2. The van der Waals surface area contributed by atoms with Gasteiger partial charge in [-0.15, -0.1) is 0 Å². The fourth-order valence-electron chi connectivity index (χ4n) is 4.21. The number of nitrogens with zero attached hydrogens (tertiary/aromatic N) is 1. The smallest absolute Gasteiger partial charge is 0.260 e. The maximum Gasteiger partial charge on any atom is 0.260 e. The Bertz CT molecular complexity index is 1060. The van der Waals surface area contributed by atoms with Gasteiger partial charge in [-0.1, -0.05) is 28.9 Å². The Hall–Kier alpha value is -1.86. The Balaban J connectivity index is 1.93. The number of aromatic amines is 1. The van der Waals surface area contributed by atoms with E-state index in [-0.39, 0.29) is 18.3 Å². The van der Waals surface area contributed by atoms with Gasteiger partial charge in [-0.2, -0.15) is 0 Å². The summed E-state index contributed by atoms with van der Waals surface area (Å²) < 4.78 is 58.2. The lowest BCUT2D eigenvalue weighted by Crippen LogP contribution is -2.48. The van der Waals surface area contributed by atoms with Crippen LogP contribution in [0, 0.1) is 11.6 Å². The van der Waals surface area contributed by atoms with E-state index in [1.54, 1.807) is 23.1 Å². The molecule has 0 aliphatic carbocycles. The predicted octanol–water partition coefficient (Wildman–Crippen LogP) is 6.59. The molecule has 29 heavy (non-hydrogen) atoms. The van der Waals surface area contributed by atoms with E-state index < -0.39 is 24.3 Å². The summed E-state index contributed by atoms with van der Waals surface area (Å²) in [6.45, 7) is 2.82. The molecule has 0 spiro atoms. The zero-order chi connectivity index (χ0) is 20.9. The molecule has 1 aromatic heterocycles. The molecule has 2 nitrogen and oxygen atoms in total. The Kier molecular flexibility index (Phi) is 5.23. The summed E-state index contributed by atoms with van der Waals surface area (Å²) in [7, 11) is 0. The monoisotopic (exact) mass is 468 g/mol. The molecular formula is C22H21BrF4N2. The molecule has 2 aromatic carbocycles. The molecular weight excluding hydrogens is 448 g/mol. The van der Waals surface area contributed by atoms with Crippen LogP contribution in [0.25, 0.3) is 10.9 Å². The van der Waals surface area contributed by atoms with E-state index in [0.29, 0.717) is 22.2 Å². The number of halogens is 5. The van der Waals surface area contributed by atoms with Gasteiger partial charge in [0.05, 0.1) is 12.6 Å². The Labute approximate surface area is 175 Å². The molecule has 0 fully saturated rings. The Morgan fingerprint density at radius 2 is 1.93 bits per heavy atom. The summed E-state index contributed by atoms with van der Waals surface area (Å²) in [4.78, 5) is 4.91. The first-order chi connectivity index (χ1) is 13.7. The second-order valence-corrected chi connectivity index (χ2v) is 8.63. The van der Waals surface area contributed by atoms with Crippen molar-refractivity contribution in [1.29, 1.82) is 0 Å². The number of hydrogen-bond donors (Lipinski definition) is 1. The van der Waals surface area contributed by atoms with Crippen LogP contribution in [0.15, 0.2) is 40.9 Å². The first-order valence-electron chi connectivity index (χ1n) is 9.58. The highest BCUT2D eigenvalue weighted by Crippen LogP contribution is 2.43. The standard InChI is InChI=1S/C22H21BrF4N2/c1-3-22(26,27)11-29-12(2)8-17-16-10-14(24)5-7-19(16)28-20(17)21(29)15-6-4-13(23)9-18(15)25/h4-7,9-10,12,21,28H,3,8,11H2,1-2H3. The molecule has 154 valence electrons. The van der Waals surface area contributed by atoms with Crippen molar-refractivity contribution in [2.75, 3.05) is 6.54 Å². The SMILES string of the molecule is CCC(F)(F)CN1C(C)Cc2c([nH]c3ccc(F)cc23)C1c1ccc(Br)cc1F. The van der Waals surface area contributed by atoms with Gasteiger partial charge in [0.1, 0.15) is 11.6 Å². The maximum atomic E-state index is 14.9. The number of aromatic nitrogens is 1. The summed E-state index contributed by atoms with van der Waals surface area (Å²) in [5.74, 6) is -3.73. The van der Waals surface area contributed by atoms with E-state index >= 15 is 0 Å². The van der Waals surface area contributed by atoms with Gasteiger partial charge in [-0.05, 0) is 49.2 Å². The van der Waals surface area contributed by atoms with Gasteiger partial charge in [-0.3, -0.25) is 4.90 Å². The highest BCUT2D eigenvalue weighted by molar-refractivity contribution is 9.10. The van der Waals surface area contributed by atoms with Gasteiger partial charge < -0.3 is 4.98 Å². The maximum absolute atomic E-state index is 14.9. The highest BCUT2D eigenvalue weighted by Gasteiger charge is 2.41.